The maximum atomic E-state index is 13.7. The largest absolute Gasteiger partial charge is 0.497 e. The molecule has 3 aromatic rings. The van der Waals surface area contributed by atoms with Crippen LogP contribution < -0.4 is 14.7 Å². The first-order valence-electron chi connectivity index (χ1n) is 12.4. The first-order valence-corrected chi connectivity index (χ1v) is 14.4. The van der Waals surface area contributed by atoms with Gasteiger partial charge in [0.25, 0.3) is 0 Å². The zero-order chi connectivity index (χ0) is 26.3. The molecule has 36 heavy (non-hydrogen) atoms. The van der Waals surface area contributed by atoms with Crippen LogP contribution in [0.3, 0.4) is 0 Å². The molecule has 0 N–H and O–H groups in total. The number of hydrogen-bond acceptors (Lipinski definition) is 5. The van der Waals surface area contributed by atoms with Gasteiger partial charge in [0.2, 0.25) is 8.32 Å². The Labute approximate surface area is 216 Å². The van der Waals surface area contributed by atoms with Crippen LogP contribution in [0.4, 0.5) is 0 Å². The van der Waals surface area contributed by atoms with E-state index in [9.17, 15) is 4.79 Å². The van der Waals surface area contributed by atoms with Crippen molar-refractivity contribution in [3.05, 3.63) is 89.0 Å². The maximum absolute atomic E-state index is 13.7. The fraction of sp³-hybridized carbons (Fsp3) is 0.367. The number of ketones is 1. The minimum absolute atomic E-state index is 0.0586. The van der Waals surface area contributed by atoms with Crippen molar-refractivity contribution in [2.24, 2.45) is 0 Å². The first-order chi connectivity index (χ1) is 17.2. The lowest BCUT2D eigenvalue weighted by Gasteiger charge is -2.39. The Hall–Kier alpha value is -2.93. The molecule has 0 amide bonds. The summed E-state index contributed by atoms with van der Waals surface area (Å²) < 4.78 is 23.1. The van der Waals surface area contributed by atoms with Crippen LogP contribution >= 0.6 is 0 Å². The first kappa shape index (κ1) is 27.7. The van der Waals surface area contributed by atoms with Crippen LogP contribution in [0.5, 0.6) is 11.5 Å². The van der Waals surface area contributed by atoms with Crippen LogP contribution in [0.1, 0.15) is 54.7 Å². The molecule has 3 rings (SSSR count). The van der Waals surface area contributed by atoms with Crippen LogP contribution in [0.15, 0.2) is 66.7 Å². The minimum Gasteiger partial charge on any atom is -0.497 e. The van der Waals surface area contributed by atoms with Gasteiger partial charge in [0.1, 0.15) is 11.5 Å². The van der Waals surface area contributed by atoms with E-state index in [0.717, 1.165) is 10.8 Å². The SMILES string of the molecule is COCOc1ccc([Si](OCc2ccc(C)cc2)(C(C)C)C(C)C)cc1C(=O)c1ccc(OC)cc1. The third-order valence-electron chi connectivity index (χ3n) is 6.67. The monoisotopic (exact) mass is 506 g/mol. The molecule has 192 valence electrons. The lowest BCUT2D eigenvalue weighted by molar-refractivity contribution is 0.0503. The summed E-state index contributed by atoms with van der Waals surface area (Å²) in [6, 6.07) is 21.5. The van der Waals surface area contributed by atoms with E-state index < -0.39 is 8.32 Å². The molecule has 5 nitrogen and oxygen atoms in total. The number of carbonyl (C=O) groups excluding carboxylic acids is 1. The van der Waals surface area contributed by atoms with Gasteiger partial charge in [0, 0.05) is 12.7 Å². The van der Waals surface area contributed by atoms with Crippen LogP contribution in [-0.2, 0) is 15.8 Å². The smallest absolute Gasteiger partial charge is 0.229 e. The summed E-state index contributed by atoms with van der Waals surface area (Å²) in [4.78, 5) is 13.7. The molecule has 0 bridgehead atoms. The average molecular weight is 507 g/mol. The Morgan fingerprint density at radius 3 is 2.06 bits per heavy atom. The van der Waals surface area contributed by atoms with E-state index in [2.05, 4.69) is 65.0 Å². The van der Waals surface area contributed by atoms with Crippen molar-refractivity contribution in [3.63, 3.8) is 0 Å². The predicted octanol–water partition coefficient (Wildman–Crippen LogP) is 6.41. The van der Waals surface area contributed by atoms with E-state index in [1.807, 2.05) is 12.1 Å². The molecule has 6 heteroatoms. The van der Waals surface area contributed by atoms with Gasteiger partial charge < -0.3 is 18.6 Å². The van der Waals surface area contributed by atoms with Crippen molar-refractivity contribution in [2.45, 2.75) is 52.3 Å². The highest BCUT2D eigenvalue weighted by Gasteiger charge is 2.44. The van der Waals surface area contributed by atoms with Gasteiger partial charge in [-0.2, -0.15) is 0 Å². The number of aryl methyl sites for hydroxylation is 1. The number of methoxy groups -OCH3 is 2. The Morgan fingerprint density at radius 2 is 1.50 bits per heavy atom. The topological polar surface area (TPSA) is 54.0 Å². The third-order valence-corrected chi connectivity index (χ3v) is 11.9. The van der Waals surface area contributed by atoms with Gasteiger partial charge in [-0.15, -0.1) is 0 Å². The second-order valence-electron chi connectivity index (χ2n) is 9.70. The highest BCUT2D eigenvalue weighted by Crippen LogP contribution is 2.35. The van der Waals surface area contributed by atoms with Crippen molar-refractivity contribution < 1.29 is 23.4 Å². The molecule has 0 saturated heterocycles. The van der Waals surface area contributed by atoms with Gasteiger partial charge in [0.15, 0.2) is 12.6 Å². The van der Waals surface area contributed by atoms with E-state index >= 15 is 0 Å². The van der Waals surface area contributed by atoms with E-state index in [0.29, 0.717) is 29.2 Å². The Morgan fingerprint density at radius 1 is 0.861 bits per heavy atom. The second kappa shape index (κ2) is 12.3. The van der Waals surface area contributed by atoms with E-state index in [1.54, 1.807) is 38.5 Å². The Balaban J connectivity index is 2.07. The molecule has 0 atom stereocenters. The molecule has 0 aliphatic rings. The van der Waals surface area contributed by atoms with Gasteiger partial charge >= 0.3 is 0 Å². The van der Waals surface area contributed by atoms with Gasteiger partial charge in [-0.3, -0.25) is 4.79 Å². The van der Waals surface area contributed by atoms with E-state index in [1.165, 1.54) is 5.56 Å². The average Bonchev–Trinajstić information content (AvgIpc) is 2.88. The van der Waals surface area contributed by atoms with Crippen LogP contribution in [0.25, 0.3) is 0 Å². The van der Waals surface area contributed by atoms with Crippen molar-refractivity contribution in [2.75, 3.05) is 21.0 Å². The molecular formula is C30H38O5Si. The number of carbonyl (C=O) groups is 1. The quantitative estimate of drug-likeness (QED) is 0.161. The molecule has 0 aliphatic carbocycles. The molecule has 0 saturated carbocycles. The van der Waals surface area contributed by atoms with Crippen LogP contribution in [-0.4, -0.2) is 35.1 Å². The lowest BCUT2D eigenvalue weighted by atomic mass is 10.0. The second-order valence-corrected chi connectivity index (χ2v) is 14.5. The molecule has 0 radical (unpaired) electrons. The molecule has 0 spiro atoms. The molecule has 0 fully saturated rings. The van der Waals surface area contributed by atoms with Gasteiger partial charge in [-0.05, 0) is 65.2 Å². The van der Waals surface area contributed by atoms with Crippen LogP contribution in [0.2, 0.25) is 11.1 Å². The van der Waals surface area contributed by atoms with Gasteiger partial charge in [-0.25, -0.2) is 0 Å². The lowest BCUT2D eigenvalue weighted by Crippen LogP contribution is -2.56. The number of rotatable bonds is 12. The summed E-state index contributed by atoms with van der Waals surface area (Å²) in [5.74, 6) is 1.08. The minimum atomic E-state index is -2.53. The zero-order valence-electron chi connectivity index (χ0n) is 22.5. The predicted molar refractivity (Wildman–Crippen MR) is 147 cm³/mol. The van der Waals surface area contributed by atoms with Crippen molar-refractivity contribution >= 4 is 19.3 Å². The maximum Gasteiger partial charge on any atom is 0.229 e. The summed E-state index contributed by atoms with van der Waals surface area (Å²) in [7, 11) is 0.641. The summed E-state index contributed by atoms with van der Waals surface area (Å²) >= 11 is 0. The Kier molecular flexibility index (Phi) is 9.48. The molecule has 0 aromatic heterocycles. The summed E-state index contributed by atoms with van der Waals surface area (Å²) in [5.41, 5.74) is 4.02. The fourth-order valence-corrected chi connectivity index (χ4v) is 9.35. The number of hydrogen-bond donors (Lipinski definition) is 0. The van der Waals surface area contributed by atoms with E-state index in [-0.39, 0.29) is 23.7 Å². The zero-order valence-corrected chi connectivity index (χ0v) is 23.5. The van der Waals surface area contributed by atoms with Gasteiger partial charge in [0.05, 0.1) is 19.3 Å². The van der Waals surface area contributed by atoms with E-state index in [4.69, 9.17) is 18.6 Å². The molecule has 3 aromatic carbocycles. The fourth-order valence-electron chi connectivity index (χ4n) is 4.73. The van der Waals surface area contributed by atoms with Crippen molar-refractivity contribution in [3.8, 4) is 11.5 Å². The number of ether oxygens (including phenoxy) is 3. The van der Waals surface area contributed by atoms with Gasteiger partial charge in [-0.1, -0.05) is 63.6 Å². The molecule has 0 unspecified atom stereocenters. The standard InChI is InChI=1S/C30H38O5Si/c1-21(2)36(22(3)4,35-19-24-10-8-23(5)9-11-24)27-16-17-29(34-20-32-6)28(18-27)30(31)25-12-14-26(33-7)15-13-25/h8-18,21-22H,19-20H2,1-7H3. The summed E-state index contributed by atoms with van der Waals surface area (Å²) in [5, 5.41) is 1.08. The number of benzene rings is 3. The van der Waals surface area contributed by atoms with Crippen LogP contribution in [0, 0.1) is 6.92 Å². The normalized spacial score (nSPS) is 11.7. The summed E-state index contributed by atoms with van der Waals surface area (Å²) in [6.45, 7) is 11.6. The highest BCUT2D eigenvalue weighted by atomic mass is 28.4. The molecular weight excluding hydrogens is 468 g/mol. The molecule has 0 heterocycles. The summed E-state index contributed by atoms with van der Waals surface area (Å²) in [6.07, 6.45) is 0. The van der Waals surface area contributed by atoms with Crippen molar-refractivity contribution in [1.29, 1.82) is 0 Å². The Bertz CT molecular complexity index is 1130. The highest BCUT2D eigenvalue weighted by molar-refractivity contribution is 6.88. The third kappa shape index (κ3) is 6.06. The molecule has 0 aliphatic heterocycles. The van der Waals surface area contributed by atoms with Crippen molar-refractivity contribution in [1.82, 2.24) is 0 Å².